The SMILES string of the molecule is Cc1c(O)cccc1NC(=O)c1ccc(Br)cn1. The summed E-state index contributed by atoms with van der Waals surface area (Å²) in [5.74, 6) is -0.159. The van der Waals surface area contributed by atoms with Gasteiger partial charge in [-0.25, -0.2) is 4.98 Å². The van der Waals surface area contributed by atoms with Crippen LogP contribution in [0.15, 0.2) is 41.0 Å². The molecule has 1 aromatic heterocycles. The van der Waals surface area contributed by atoms with E-state index in [1.807, 2.05) is 0 Å². The second kappa shape index (κ2) is 5.18. The monoisotopic (exact) mass is 306 g/mol. The van der Waals surface area contributed by atoms with Gasteiger partial charge in [-0.2, -0.15) is 0 Å². The summed E-state index contributed by atoms with van der Waals surface area (Å²) in [5.41, 5.74) is 1.52. The lowest BCUT2D eigenvalue weighted by Crippen LogP contribution is -2.14. The molecule has 0 saturated carbocycles. The van der Waals surface area contributed by atoms with Crippen LogP contribution in [0.3, 0.4) is 0 Å². The van der Waals surface area contributed by atoms with E-state index in [1.54, 1.807) is 43.5 Å². The number of carbonyl (C=O) groups excluding carboxylic acids is 1. The minimum atomic E-state index is -0.309. The number of phenolic OH excluding ortho intramolecular Hbond substituents is 1. The lowest BCUT2D eigenvalue weighted by molar-refractivity contribution is 0.102. The third-order valence-electron chi connectivity index (χ3n) is 2.51. The number of phenols is 1. The van der Waals surface area contributed by atoms with Crippen molar-refractivity contribution in [2.24, 2.45) is 0 Å². The van der Waals surface area contributed by atoms with Crippen molar-refractivity contribution in [3.63, 3.8) is 0 Å². The number of rotatable bonds is 2. The van der Waals surface area contributed by atoms with Crippen LogP contribution in [-0.2, 0) is 0 Å². The largest absolute Gasteiger partial charge is 0.508 e. The topological polar surface area (TPSA) is 62.2 Å². The third kappa shape index (κ3) is 2.68. The fourth-order valence-corrected chi connectivity index (χ4v) is 1.69. The van der Waals surface area contributed by atoms with Crippen LogP contribution in [-0.4, -0.2) is 16.0 Å². The van der Waals surface area contributed by atoms with Crippen molar-refractivity contribution in [2.45, 2.75) is 6.92 Å². The molecule has 0 fully saturated rings. The average Bonchev–Trinajstić information content (AvgIpc) is 2.36. The molecular weight excluding hydrogens is 296 g/mol. The maximum absolute atomic E-state index is 11.9. The van der Waals surface area contributed by atoms with Crippen LogP contribution in [0, 0.1) is 6.92 Å². The molecule has 0 unspecified atom stereocenters. The number of hydrogen-bond donors (Lipinski definition) is 2. The number of nitrogens with zero attached hydrogens (tertiary/aromatic N) is 1. The first-order valence-corrected chi connectivity index (χ1v) is 6.08. The molecule has 18 heavy (non-hydrogen) atoms. The van der Waals surface area contributed by atoms with E-state index in [1.165, 1.54) is 0 Å². The Labute approximate surface area is 113 Å². The van der Waals surface area contributed by atoms with Crippen LogP contribution < -0.4 is 5.32 Å². The van der Waals surface area contributed by atoms with Crippen LogP contribution in [0.2, 0.25) is 0 Å². The van der Waals surface area contributed by atoms with Gasteiger partial charge in [0.1, 0.15) is 11.4 Å². The van der Waals surface area contributed by atoms with E-state index >= 15 is 0 Å². The van der Waals surface area contributed by atoms with E-state index in [-0.39, 0.29) is 11.7 Å². The maximum atomic E-state index is 11.9. The van der Waals surface area contributed by atoms with Crippen LogP contribution >= 0.6 is 15.9 Å². The minimum Gasteiger partial charge on any atom is -0.508 e. The lowest BCUT2D eigenvalue weighted by Gasteiger charge is -2.08. The smallest absolute Gasteiger partial charge is 0.274 e. The van der Waals surface area contributed by atoms with Gasteiger partial charge in [-0.3, -0.25) is 4.79 Å². The summed E-state index contributed by atoms with van der Waals surface area (Å²) in [5, 5.41) is 12.3. The van der Waals surface area contributed by atoms with E-state index in [2.05, 4.69) is 26.2 Å². The minimum absolute atomic E-state index is 0.150. The summed E-state index contributed by atoms with van der Waals surface area (Å²) in [6.07, 6.45) is 1.56. The Bertz CT molecular complexity index is 582. The van der Waals surface area contributed by atoms with Gasteiger partial charge in [-0.15, -0.1) is 0 Å². The number of aromatic nitrogens is 1. The van der Waals surface area contributed by atoms with Crippen molar-refractivity contribution in [1.29, 1.82) is 0 Å². The molecule has 1 heterocycles. The molecule has 5 heteroatoms. The number of pyridine rings is 1. The van der Waals surface area contributed by atoms with Crippen molar-refractivity contribution < 1.29 is 9.90 Å². The van der Waals surface area contributed by atoms with Crippen molar-refractivity contribution in [1.82, 2.24) is 4.98 Å². The zero-order chi connectivity index (χ0) is 13.1. The molecule has 0 radical (unpaired) electrons. The molecule has 0 saturated heterocycles. The summed E-state index contributed by atoms with van der Waals surface area (Å²) in [6, 6.07) is 8.34. The van der Waals surface area contributed by atoms with Gasteiger partial charge in [0.15, 0.2) is 0 Å². The van der Waals surface area contributed by atoms with E-state index in [0.29, 0.717) is 16.9 Å². The summed E-state index contributed by atoms with van der Waals surface area (Å²) >= 11 is 3.26. The van der Waals surface area contributed by atoms with Gasteiger partial charge in [0.2, 0.25) is 0 Å². The Morgan fingerprint density at radius 3 is 2.78 bits per heavy atom. The van der Waals surface area contributed by atoms with Crippen molar-refractivity contribution in [2.75, 3.05) is 5.32 Å². The molecule has 1 aromatic carbocycles. The summed E-state index contributed by atoms with van der Waals surface area (Å²) in [4.78, 5) is 15.9. The number of halogens is 1. The predicted molar refractivity (Wildman–Crippen MR) is 72.7 cm³/mol. The van der Waals surface area contributed by atoms with Gasteiger partial charge in [0, 0.05) is 21.9 Å². The highest BCUT2D eigenvalue weighted by Crippen LogP contribution is 2.24. The highest BCUT2D eigenvalue weighted by atomic mass is 79.9. The van der Waals surface area contributed by atoms with E-state index in [4.69, 9.17) is 0 Å². The number of benzene rings is 1. The molecule has 4 nitrogen and oxygen atoms in total. The van der Waals surface area contributed by atoms with Crippen molar-refractivity contribution >= 4 is 27.5 Å². The molecular formula is C13H11BrN2O2. The number of hydrogen-bond acceptors (Lipinski definition) is 3. The third-order valence-corrected chi connectivity index (χ3v) is 2.98. The Kier molecular flexibility index (Phi) is 3.62. The summed E-state index contributed by atoms with van der Waals surface area (Å²) < 4.78 is 0.813. The highest BCUT2D eigenvalue weighted by Gasteiger charge is 2.10. The van der Waals surface area contributed by atoms with Gasteiger partial charge in [-0.1, -0.05) is 6.07 Å². The number of nitrogens with one attached hydrogen (secondary N) is 1. The first-order valence-electron chi connectivity index (χ1n) is 5.29. The second-order valence-electron chi connectivity index (χ2n) is 3.77. The van der Waals surface area contributed by atoms with E-state index in [9.17, 15) is 9.90 Å². The molecule has 2 N–H and O–H groups in total. The zero-order valence-corrected chi connectivity index (χ0v) is 11.2. The van der Waals surface area contributed by atoms with Gasteiger partial charge in [0.05, 0.1) is 0 Å². The molecule has 1 amide bonds. The lowest BCUT2D eigenvalue weighted by atomic mass is 10.2. The van der Waals surface area contributed by atoms with Crippen molar-refractivity contribution in [3.8, 4) is 5.75 Å². The molecule has 0 spiro atoms. The molecule has 2 aromatic rings. The average molecular weight is 307 g/mol. The van der Waals surface area contributed by atoms with E-state index in [0.717, 1.165) is 4.47 Å². The number of amides is 1. The van der Waals surface area contributed by atoms with Gasteiger partial charge in [-0.05, 0) is 47.1 Å². The van der Waals surface area contributed by atoms with Crippen molar-refractivity contribution in [3.05, 3.63) is 52.3 Å². The van der Waals surface area contributed by atoms with Gasteiger partial charge < -0.3 is 10.4 Å². The quantitative estimate of drug-likeness (QED) is 0.896. The predicted octanol–water partition coefficient (Wildman–Crippen LogP) is 3.11. The summed E-state index contributed by atoms with van der Waals surface area (Å²) in [6.45, 7) is 1.74. The van der Waals surface area contributed by atoms with Gasteiger partial charge >= 0.3 is 0 Å². The normalized spacial score (nSPS) is 10.1. The zero-order valence-electron chi connectivity index (χ0n) is 9.64. The van der Waals surface area contributed by atoms with Gasteiger partial charge in [0.25, 0.3) is 5.91 Å². The Balaban J connectivity index is 2.21. The van der Waals surface area contributed by atoms with E-state index < -0.39 is 0 Å². The second-order valence-corrected chi connectivity index (χ2v) is 4.68. The molecule has 0 bridgehead atoms. The fourth-order valence-electron chi connectivity index (χ4n) is 1.46. The Morgan fingerprint density at radius 2 is 2.11 bits per heavy atom. The van der Waals surface area contributed by atoms with Crippen LogP contribution in [0.5, 0.6) is 5.75 Å². The fraction of sp³-hybridized carbons (Fsp3) is 0.0769. The maximum Gasteiger partial charge on any atom is 0.274 e. The standard InChI is InChI=1S/C13H11BrN2O2/c1-8-10(3-2-4-12(8)17)16-13(18)11-6-5-9(14)7-15-11/h2-7,17H,1H3,(H,16,18). The molecule has 0 aliphatic rings. The molecule has 92 valence electrons. The number of carbonyl (C=O) groups is 1. The molecule has 2 rings (SSSR count). The Morgan fingerprint density at radius 1 is 1.33 bits per heavy atom. The Hall–Kier alpha value is -1.88. The van der Waals surface area contributed by atoms with Crippen LogP contribution in [0.1, 0.15) is 16.1 Å². The van der Waals surface area contributed by atoms with Crippen LogP contribution in [0.4, 0.5) is 5.69 Å². The van der Waals surface area contributed by atoms with Crippen LogP contribution in [0.25, 0.3) is 0 Å². The summed E-state index contributed by atoms with van der Waals surface area (Å²) in [7, 11) is 0. The first kappa shape index (κ1) is 12.6. The number of anilines is 1. The molecule has 0 aliphatic carbocycles. The molecule has 0 atom stereocenters. The first-order chi connectivity index (χ1) is 8.58. The number of aromatic hydroxyl groups is 1. The molecule has 0 aliphatic heterocycles. The highest BCUT2D eigenvalue weighted by molar-refractivity contribution is 9.10.